The first-order chi connectivity index (χ1) is 12.5. The molecule has 2 heterocycles. The van der Waals surface area contributed by atoms with Gasteiger partial charge in [-0.15, -0.1) is 0 Å². The summed E-state index contributed by atoms with van der Waals surface area (Å²) in [5, 5.41) is 9.14. The van der Waals surface area contributed by atoms with Crippen LogP contribution in [-0.2, 0) is 16.6 Å². The summed E-state index contributed by atoms with van der Waals surface area (Å²) in [4.78, 5) is 6.28. The average Bonchev–Trinajstić information content (AvgIpc) is 2.89. The first kappa shape index (κ1) is 18.8. The number of rotatable bonds is 4. The van der Waals surface area contributed by atoms with Crippen LogP contribution >= 0.6 is 11.6 Å². The molecule has 2 aromatic rings. The minimum Gasteiger partial charge on any atom is -0.298 e. The highest BCUT2D eigenvalue weighted by Crippen LogP contribution is 2.19. The molecule has 136 valence electrons. The Labute approximate surface area is 158 Å². The number of sulfonamides is 1. The van der Waals surface area contributed by atoms with Gasteiger partial charge in [0.25, 0.3) is 0 Å². The van der Waals surface area contributed by atoms with Crippen LogP contribution in [0.25, 0.3) is 0 Å². The van der Waals surface area contributed by atoms with Crippen LogP contribution in [0.5, 0.6) is 0 Å². The second kappa shape index (κ2) is 8.14. The lowest BCUT2D eigenvalue weighted by Gasteiger charge is -2.21. The van der Waals surface area contributed by atoms with E-state index in [9.17, 15) is 8.42 Å². The summed E-state index contributed by atoms with van der Waals surface area (Å²) in [7, 11) is -3.56. The molecule has 0 aliphatic carbocycles. The van der Waals surface area contributed by atoms with Gasteiger partial charge < -0.3 is 0 Å². The number of halogens is 1. The lowest BCUT2D eigenvalue weighted by molar-refractivity contribution is 0.278. The SMILES string of the molecule is N#Cc1ccc(CN2CCCN(S(=O)(=O)c3ccc(Cl)nc3)CC2)cc1. The predicted molar refractivity (Wildman–Crippen MR) is 99.1 cm³/mol. The van der Waals surface area contributed by atoms with Crippen LogP contribution in [0.15, 0.2) is 47.5 Å². The third kappa shape index (κ3) is 4.40. The van der Waals surface area contributed by atoms with Crippen molar-refractivity contribution in [2.45, 2.75) is 17.9 Å². The molecule has 0 amide bonds. The lowest BCUT2D eigenvalue weighted by Crippen LogP contribution is -2.35. The molecule has 1 aliphatic rings. The molecule has 0 N–H and O–H groups in total. The Bertz CT molecular complexity index is 892. The maximum Gasteiger partial charge on any atom is 0.244 e. The van der Waals surface area contributed by atoms with E-state index in [0.29, 0.717) is 25.2 Å². The zero-order valence-corrected chi connectivity index (χ0v) is 15.7. The third-order valence-corrected chi connectivity index (χ3v) is 6.48. The van der Waals surface area contributed by atoms with E-state index in [4.69, 9.17) is 16.9 Å². The molecule has 3 rings (SSSR count). The van der Waals surface area contributed by atoms with Gasteiger partial charge in [0.05, 0.1) is 11.6 Å². The van der Waals surface area contributed by atoms with Crippen LogP contribution in [0.2, 0.25) is 5.15 Å². The number of hydrogen-bond acceptors (Lipinski definition) is 5. The molecule has 0 unspecified atom stereocenters. The summed E-state index contributed by atoms with van der Waals surface area (Å²) in [6, 6.07) is 12.6. The number of pyridine rings is 1. The molecule has 0 radical (unpaired) electrons. The van der Waals surface area contributed by atoms with E-state index in [0.717, 1.165) is 25.1 Å². The molecule has 1 saturated heterocycles. The fourth-order valence-electron chi connectivity index (χ4n) is 2.95. The van der Waals surface area contributed by atoms with Crippen molar-refractivity contribution in [2.24, 2.45) is 0 Å². The molecule has 0 spiro atoms. The second-order valence-corrected chi connectivity index (χ2v) is 8.48. The van der Waals surface area contributed by atoms with Gasteiger partial charge in [0.1, 0.15) is 10.0 Å². The Morgan fingerprint density at radius 3 is 2.50 bits per heavy atom. The van der Waals surface area contributed by atoms with E-state index in [1.165, 1.54) is 22.6 Å². The van der Waals surface area contributed by atoms with Crippen molar-refractivity contribution in [3.05, 3.63) is 58.9 Å². The summed E-state index contributed by atoms with van der Waals surface area (Å²) < 4.78 is 27.1. The van der Waals surface area contributed by atoms with Crippen molar-refractivity contribution in [1.82, 2.24) is 14.2 Å². The monoisotopic (exact) mass is 390 g/mol. The summed E-state index contributed by atoms with van der Waals surface area (Å²) in [5.74, 6) is 0. The van der Waals surface area contributed by atoms with Crippen molar-refractivity contribution < 1.29 is 8.42 Å². The van der Waals surface area contributed by atoms with Gasteiger partial charge in [-0.05, 0) is 42.8 Å². The molecule has 0 bridgehead atoms. The second-order valence-electron chi connectivity index (χ2n) is 6.16. The number of aromatic nitrogens is 1. The van der Waals surface area contributed by atoms with Gasteiger partial charge in [-0.1, -0.05) is 23.7 Å². The van der Waals surface area contributed by atoms with Crippen molar-refractivity contribution >= 4 is 21.6 Å². The number of nitrogens with zero attached hydrogens (tertiary/aromatic N) is 4. The first-order valence-electron chi connectivity index (χ1n) is 8.32. The molecule has 6 nitrogen and oxygen atoms in total. The Morgan fingerprint density at radius 1 is 1.08 bits per heavy atom. The quantitative estimate of drug-likeness (QED) is 0.749. The average molecular weight is 391 g/mol. The molecule has 1 aliphatic heterocycles. The van der Waals surface area contributed by atoms with E-state index in [1.54, 1.807) is 12.1 Å². The Balaban J connectivity index is 1.65. The maximum absolute atomic E-state index is 12.8. The van der Waals surface area contributed by atoms with Gasteiger partial charge >= 0.3 is 0 Å². The fraction of sp³-hybridized carbons (Fsp3) is 0.333. The molecule has 1 aromatic carbocycles. The normalized spacial score (nSPS) is 16.8. The molecule has 26 heavy (non-hydrogen) atoms. The van der Waals surface area contributed by atoms with E-state index in [-0.39, 0.29) is 10.0 Å². The van der Waals surface area contributed by atoms with Gasteiger partial charge in [-0.2, -0.15) is 9.57 Å². The number of benzene rings is 1. The highest BCUT2D eigenvalue weighted by molar-refractivity contribution is 7.89. The van der Waals surface area contributed by atoms with Gasteiger partial charge in [0.15, 0.2) is 0 Å². The highest BCUT2D eigenvalue weighted by Gasteiger charge is 2.27. The van der Waals surface area contributed by atoms with Crippen LogP contribution in [0.3, 0.4) is 0 Å². The summed E-state index contributed by atoms with van der Waals surface area (Å²) in [5.41, 5.74) is 1.75. The van der Waals surface area contributed by atoms with Crippen molar-refractivity contribution in [3.63, 3.8) is 0 Å². The largest absolute Gasteiger partial charge is 0.298 e. The lowest BCUT2D eigenvalue weighted by atomic mass is 10.1. The third-order valence-electron chi connectivity index (χ3n) is 4.37. The van der Waals surface area contributed by atoms with Gasteiger partial charge in [0, 0.05) is 32.4 Å². The van der Waals surface area contributed by atoms with E-state index < -0.39 is 10.0 Å². The highest BCUT2D eigenvalue weighted by atomic mass is 35.5. The van der Waals surface area contributed by atoms with Crippen LogP contribution in [0.4, 0.5) is 0 Å². The van der Waals surface area contributed by atoms with Crippen LogP contribution in [0, 0.1) is 11.3 Å². The number of hydrogen-bond donors (Lipinski definition) is 0. The van der Waals surface area contributed by atoms with E-state index >= 15 is 0 Å². The zero-order valence-electron chi connectivity index (χ0n) is 14.2. The smallest absolute Gasteiger partial charge is 0.244 e. The summed E-state index contributed by atoms with van der Waals surface area (Å²) in [6.07, 6.45) is 2.06. The molecular formula is C18H19ClN4O2S. The Hall–Kier alpha value is -1.98. The Kier molecular flexibility index (Phi) is 5.89. The van der Waals surface area contributed by atoms with Crippen LogP contribution < -0.4 is 0 Å². The summed E-state index contributed by atoms with van der Waals surface area (Å²) >= 11 is 5.74. The molecule has 1 fully saturated rings. The van der Waals surface area contributed by atoms with Crippen LogP contribution in [-0.4, -0.2) is 48.8 Å². The van der Waals surface area contributed by atoms with Gasteiger partial charge in [-0.25, -0.2) is 13.4 Å². The van der Waals surface area contributed by atoms with E-state index in [2.05, 4.69) is 16.0 Å². The molecule has 0 atom stereocenters. The van der Waals surface area contributed by atoms with E-state index in [1.807, 2.05) is 12.1 Å². The standard InChI is InChI=1S/C18H19ClN4O2S/c19-18-7-6-17(13-21-18)26(24,25)23-9-1-8-22(10-11-23)14-16-4-2-15(12-20)3-5-16/h2-7,13H,1,8-11,14H2. The van der Waals surface area contributed by atoms with Gasteiger partial charge in [-0.3, -0.25) is 4.90 Å². The minimum absolute atomic E-state index is 0.169. The molecule has 8 heteroatoms. The first-order valence-corrected chi connectivity index (χ1v) is 10.1. The van der Waals surface area contributed by atoms with Gasteiger partial charge in [0.2, 0.25) is 10.0 Å². The topological polar surface area (TPSA) is 77.3 Å². The van der Waals surface area contributed by atoms with Crippen LogP contribution in [0.1, 0.15) is 17.5 Å². The summed E-state index contributed by atoms with van der Waals surface area (Å²) in [6.45, 7) is 3.13. The maximum atomic E-state index is 12.8. The number of nitriles is 1. The molecule has 1 aromatic heterocycles. The van der Waals surface area contributed by atoms with Crippen molar-refractivity contribution in [3.8, 4) is 6.07 Å². The Morgan fingerprint density at radius 2 is 1.85 bits per heavy atom. The minimum atomic E-state index is -3.56. The van der Waals surface area contributed by atoms with Crippen molar-refractivity contribution in [2.75, 3.05) is 26.2 Å². The zero-order chi connectivity index (χ0) is 18.6. The predicted octanol–water partition coefficient (Wildman–Crippen LogP) is 2.50. The molecular weight excluding hydrogens is 372 g/mol. The fourth-order valence-corrected chi connectivity index (χ4v) is 4.48. The van der Waals surface area contributed by atoms with Crippen molar-refractivity contribution in [1.29, 1.82) is 5.26 Å². The molecule has 0 saturated carbocycles.